The maximum atomic E-state index is 10.4. The van der Waals surface area contributed by atoms with Gasteiger partial charge < -0.3 is 15.2 Å². The Morgan fingerprint density at radius 1 is 1.05 bits per heavy atom. The zero-order valence-corrected chi connectivity index (χ0v) is 11.5. The van der Waals surface area contributed by atoms with Crippen LogP contribution in [0.15, 0.2) is 54.6 Å². The predicted molar refractivity (Wildman–Crippen MR) is 78.6 cm³/mol. The lowest BCUT2D eigenvalue weighted by molar-refractivity contribution is 0.00205. The molecule has 2 aromatic carbocycles. The quantitative estimate of drug-likeness (QED) is 0.900. The molecule has 3 atom stereocenters. The van der Waals surface area contributed by atoms with Crippen molar-refractivity contribution in [2.75, 3.05) is 0 Å². The number of fused-ring (bicyclic) bond motifs is 1. The molecule has 0 aliphatic carbocycles. The summed E-state index contributed by atoms with van der Waals surface area (Å²) in [5.74, 6) is 0.857. The van der Waals surface area contributed by atoms with E-state index in [9.17, 15) is 5.11 Å². The van der Waals surface area contributed by atoms with Gasteiger partial charge in [0.25, 0.3) is 0 Å². The van der Waals surface area contributed by atoms with E-state index in [1.54, 1.807) is 0 Å². The molecule has 2 aromatic rings. The van der Waals surface area contributed by atoms with Gasteiger partial charge in [0.15, 0.2) is 0 Å². The van der Waals surface area contributed by atoms with Gasteiger partial charge in [-0.2, -0.15) is 0 Å². The first-order chi connectivity index (χ1) is 9.75. The second-order valence-corrected chi connectivity index (χ2v) is 5.20. The van der Waals surface area contributed by atoms with Crippen molar-refractivity contribution < 1.29 is 9.84 Å². The Hall–Kier alpha value is -1.84. The highest BCUT2D eigenvalue weighted by Gasteiger charge is 2.34. The highest BCUT2D eigenvalue weighted by Crippen LogP contribution is 2.34. The lowest BCUT2D eigenvalue weighted by Crippen LogP contribution is -2.44. The molecular weight excluding hydrogens is 250 g/mol. The summed E-state index contributed by atoms with van der Waals surface area (Å²) in [5, 5.41) is 13.8. The molecule has 3 rings (SSSR count). The molecule has 0 fully saturated rings. The van der Waals surface area contributed by atoms with Crippen molar-refractivity contribution in [2.45, 2.75) is 31.7 Å². The molecule has 104 valence electrons. The molecule has 0 bridgehead atoms. The van der Waals surface area contributed by atoms with Crippen molar-refractivity contribution in [3.8, 4) is 5.75 Å². The van der Waals surface area contributed by atoms with Crippen molar-refractivity contribution in [3.63, 3.8) is 0 Å². The number of para-hydroxylation sites is 1. The Morgan fingerprint density at radius 2 is 1.75 bits per heavy atom. The van der Waals surface area contributed by atoms with Crippen LogP contribution in [-0.4, -0.2) is 17.3 Å². The Labute approximate surface area is 119 Å². The van der Waals surface area contributed by atoms with Crippen LogP contribution in [0, 0.1) is 0 Å². The van der Waals surface area contributed by atoms with E-state index in [1.165, 1.54) is 5.56 Å². The lowest BCUT2D eigenvalue weighted by atomic mass is 9.94. The fourth-order valence-corrected chi connectivity index (χ4v) is 2.62. The molecular formula is C17H19NO2. The first kappa shape index (κ1) is 13.2. The van der Waals surface area contributed by atoms with E-state index >= 15 is 0 Å². The van der Waals surface area contributed by atoms with Crippen LogP contribution in [0.25, 0.3) is 0 Å². The van der Waals surface area contributed by atoms with Crippen molar-refractivity contribution >= 4 is 0 Å². The standard InChI is InChI=1S/C17H19NO2/c1-12-17(19)16(14-9-5-6-10-15(14)20-12)18-11-13-7-3-2-4-8-13/h2-10,12,16-19H,11H2,1H3/t12-,16+,17-/m0/s1. The highest BCUT2D eigenvalue weighted by molar-refractivity contribution is 5.39. The molecule has 1 heterocycles. The van der Waals surface area contributed by atoms with E-state index in [2.05, 4.69) is 17.4 Å². The lowest BCUT2D eigenvalue weighted by Gasteiger charge is -2.35. The third kappa shape index (κ3) is 2.55. The van der Waals surface area contributed by atoms with Crippen LogP contribution < -0.4 is 10.1 Å². The zero-order valence-electron chi connectivity index (χ0n) is 11.5. The number of hydrogen-bond donors (Lipinski definition) is 2. The van der Waals surface area contributed by atoms with Gasteiger partial charge >= 0.3 is 0 Å². The van der Waals surface area contributed by atoms with E-state index in [0.717, 1.165) is 17.9 Å². The number of nitrogens with one attached hydrogen (secondary N) is 1. The van der Waals surface area contributed by atoms with E-state index in [4.69, 9.17) is 4.74 Å². The molecule has 0 radical (unpaired) electrons. The monoisotopic (exact) mass is 269 g/mol. The Bertz CT molecular complexity index is 570. The van der Waals surface area contributed by atoms with Gasteiger partial charge in [-0.15, -0.1) is 0 Å². The Morgan fingerprint density at radius 3 is 2.55 bits per heavy atom. The van der Waals surface area contributed by atoms with Crippen LogP contribution in [0.5, 0.6) is 5.75 Å². The number of hydrogen-bond acceptors (Lipinski definition) is 3. The van der Waals surface area contributed by atoms with E-state index in [0.29, 0.717) is 0 Å². The van der Waals surface area contributed by atoms with E-state index < -0.39 is 6.10 Å². The number of ether oxygens (including phenoxy) is 1. The van der Waals surface area contributed by atoms with Crippen LogP contribution in [0.3, 0.4) is 0 Å². The summed E-state index contributed by atoms with van der Waals surface area (Å²) in [7, 11) is 0. The van der Waals surface area contributed by atoms with Crippen LogP contribution >= 0.6 is 0 Å². The first-order valence-electron chi connectivity index (χ1n) is 6.96. The summed E-state index contributed by atoms with van der Waals surface area (Å²) in [4.78, 5) is 0. The third-order valence-corrected chi connectivity index (χ3v) is 3.76. The molecule has 1 aliphatic heterocycles. The summed E-state index contributed by atoms with van der Waals surface area (Å²) in [5.41, 5.74) is 2.23. The minimum atomic E-state index is -0.548. The Kier molecular flexibility index (Phi) is 3.72. The van der Waals surface area contributed by atoms with Crippen molar-refractivity contribution in [1.82, 2.24) is 5.32 Å². The molecule has 0 aromatic heterocycles. The van der Waals surface area contributed by atoms with Gasteiger partial charge in [0.05, 0.1) is 6.04 Å². The average Bonchev–Trinajstić information content (AvgIpc) is 2.49. The number of aliphatic hydroxyl groups excluding tert-OH is 1. The molecule has 0 amide bonds. The second kappa shape index (κ2) is 5.65. The molecule has 1 aliphatic rings. The fraction of sp³-hybridized carbons (Fsp3) is 0.294. The predicted octanol–water partition coefficient (Wildman–Crippen LogP) is 2.66. The minimum absolute atomic E-state index is 0.102. The summed E-state index contributed by atoms with van der Waals surface area (Å²) < 4.78 is 5.74. The third-order valence-electron chi connectivity index (χ3n) is 3.76. The van der Waals surface area contributed by atoms with E-state index in [1.807, 2.05) is 49.4 Å². The van der Waals surface area contributed by atoms with Crippen LogP contribution in [0.2, 0.25) is 0 Å². The number of rotatable bonds is 3. The molecule has 3 nitrogen and oxygen atoms in total. The molecule has 0 saturated heterocycles. The maximum Gasteiger partial charge on any atom is 0.124 e. The molecule has 2 N–H and O–H groups in total. The largest absolute Gasteiger partial charge is 0.488 e. The smallest absolute Gasteiger partial charge is 0.124 e. The Balaban J connectivity index is 1.81. The first-order valence-corrected chi connectivity index (χ1v) is 6.96. The van der Waals surface area contributed by atoms with Gasteiger partial charge in [0.1, 0.15) is 18.0 Å². The van der Waals surface area contributed by atoms with Gasteiger partial charge in [-0.3, -0.25) is 0 Å². The summed E-state index contributed by atoms with van der Waals surface area (Å²) in [6.07, 6.45) is -0.758. The van der Waals surface area contributed by atoms with Crippen molar-refractivity contribution in [1.29, 1.82) is 0 Å². The topological polar surface area (TPSA) is 41.5 Å². The highest BCUT2D eigenvalue weighted by atomic mass is 16.5. The zero-order chi connectivity index (χ0) is 13.9. The fourth-order valence-electron chi connectivity index (χ4n) is 2.62. The molecule has 0 saturated carbocycles. The number of benzene rings is 2. The molecule has 0 unspecified atom stereocenters. The molecule has 0 spiro atoms. The van der Waals surface area contributed by atoms with Gasteiger partial charge in [-0.1, -0.05) is 48.5 Å². The maximum absolute atomic E-state index is 10.4. The van der Waals surface area contributed by atoms with Gasteiger partial charge in [0.2, 0.25) is 0 Å². The second-order valence-electron chi connectivity index (χ2n) is 5.20. The van der Waals surface area contributed by atoms with Crippen molar-refractivity contribution in [2.24, 2.45) is 0 Å². The average molecular weight is 269 g/mol. The SMILES string of the molecule is C[C@@H]1Oc2ccccc2[C@@H](NCc2ccccc2)[C@H]1O. The van der Waals surface area contributed by atoms with Gasteiger partial charge in [-0.05, 0) is 18.6 Å². The van der Waals surface area contributed by atoms with Crippen LogP contribution in [0.4, 0.5) is 0 Å². The number of aliphatic hydroxyl groups is 1. The van der Waals surface area contributed by atoms with Gasteiger partial charge in [-0.25, -0.2) is 0 Å². The minimum Gasteiger partial charge on any atom is -0.488 e. The normalized spacial score (nSPS) is 24.8. The summed E-state index contributed by atoms with van der Waals surface area (Å²) >= 11 is 0. The van der Waals surface area contributed by atoms with Crippen molar-refractivity contribution in [3.05, 3.63) is 65.7 Å². The molecule has 3 heteroatoms. The van der Waals surface area contributed by atoms with E-state index in [-0.39, 0.29) is 12.1 Å². The summed E-state index contributed by atoms with van der Waals surface area (Å²) in [6.45, 7) is 2.63. The summed E-state index contributed by atoms with van der Waals surface area (Å²) in [6, 6.07) is 18.0. The molecule has 20 heavy (non-hydrogen) atoms. The van der Waals surface area contributed by atoms with Gasteiger partial charge in [0, 0.05) is 12.1 Å². The van der Waals surface area contributed by atoms with Crippen LogP contribution in [-0.2, 0) is 6.54 Å². The van der Waals surface area contributed by atoms with Crippen LogP contribution in [0.1, 0.15) is 24.1 Å².